The Morgan fingerprint density at radius 3 is 2.69 bits per heavy atom. The molecule has 1 N–H and O–H groups in total. The Morgan fingerprint density at radius 2 is 1.92 bits per heavy atom. The normalized spacial score (nSPS) is 15.1. The number of amides is 2. The third kappa shape index (κ3) is 4.48. The molecule has 0 atom stereocenters. The van der Waals surface area contributed by atoms with Crippen LogP contribution in [0.25, 0.3) is 0 Å². The van der Waals surface area contributed by atoms with E-state index in [-0.39, 0.29) is 18.4 Å². The molecule has 0 saturated carbocycles. The van der Waals surface area contributed by atoms with Gasteiger partial charge in [0.05, 0.1) is 12.1 Å². The highest BCUT2D eigenvalue weighted by atomic mass is 32.1. The maximum Gasteiger partial charge on any atom is 0.253 e. The van der Waals surface area contributed by atoms with Gasteiger partial charge in [-0.05, 0) is 30.0 Å². The fourth-order valence-corrected chi connectivity index (χ4v) is 3.71. The Balaban J connectivity index is 1.53. The molecule has 26 heavy (non-hydrogen) atoms. The van der Waals surface area contributed by atoms with Crippen LogP contribution in [0, 0.1) is 11.3 Å². The van der Waals surface area contributed by atoms with Crippen molar-refractivity contribution in [3.63, 3.8) is 0 Å². The molecule has 1 fully saturated rings. The van der Waals surface area contributed by atoms with Crippen molar-refractivity contribution in [3.8, 4) is 6.07 Å². The van der Waals surface area contributed by atoms with Crippen LogP contribution in [0.1, 0.15) is 22.3 Å². The van der Waals surface area contributed by atoms with Gasteiger partial charge in [0.25, 0.3) is 5.91 Å². The van der Waals surface area contributed by atoms with Crippen LogP contribution < -0.4 is 5.32 Å². The lowest BCUT2D eigenvalue weighted by atomic mass is 10.2. The highest BCUT2D eigenvalue weighted by Gasteiger charge is 2.21. The van der Waals surface area contributed by atoms with Crippen molar-refractivity contribution in [1.82, 2.24) is 9.80 Å². The zero-order valence-electron chi connectivity index (χ0n) is 14.4. The number of carbonyl (C=O) groups excluding carboxylic acids is 2. The maximum atomic E-state index is 12.6. The van der Waals surface area contributed by atoms with Gasteiger partial charge in [0, 0.05) is 31.7 Å². The van der Waals surface area contributed by atoms with E-state index in [1.165, 1.54) is 11.3 Å². The SMILES string of the molecule is N#Cc1ccsc1NC(=O)CN1CCCN(C(=O)c2ccccc2)CC1. The quantitative estimate of drug-likeness (QED) is 0.899. The van der Waals surface area contributed by atoms with Gasteiger partial charge in [-0.2, -0.15) is 5.26 Å². The molecule has 1 saturated heterocycles. The monoisotopic (exact) mass is 368 g/mol. The Morgan fingerprint density at radius 1 is 1.12 bits per heavy atom. The minimum Gasteiger partial charge on any atom is -0.337 e. The summed E-state index contributed by atoms with van der Waals surface area (Å²) in [5.41, 5.74) is 1.18. The Labute approximate surface area is 156 Å². The molecule has 2 aromatic rings. The van der Waals surface area contributed by atoms with E-state index in [9.17, 15) is 9.59 Å². The number of rotatable bonds is 4. The molecule has 2 heterocycles. The molecule has 0 unspecified atom stereocenters. The molecular formula is C19H20N4O2S. The number of hydrogen-bond donors (Lipinski definition) is 1. The Hall–Kier alpha value is -2.69. The van der Waals surface area contributed by atoms with Gasteiger partial charge in [0.2, 0.25) is 5.91 Å². The second-order valence-corrected chi connectivity index (χ2v) is 7.03. The van der Waals surface area contributed by atoms with E-state index >= 15 is 0 Å². The zero-order valence-corrected chi connectivity index (χ0v) is 15.2. The third-order valence-corrected chi connectivity index (χ3v) is 5.13. The fraction of sp³-hybridized carbons (Fsp3) is 0.316. The molecule has 6 nitrogen and oxygen atoms in total. The van der Waals surface area contributed by atoms with Crippen molar-refractivity contribution in [2.24, 2.45) is 0 Å². The lowest BCUT2D eigenvalue weighted by Crippen LogP contribution is -2.38. The number of anilines is 1. The zero-order chi connectivity index (χ0) is 18.4. The van der Waals surface area contributed by atoms with Crippen molar-refractivity contribution >= 4 is 28.2 Å². The fourth-order valence-electron chi connectivity index (χ4n) is 2.96. The van der Waals surface area contributed by atoms with Gasteiger partial charge >= 0.3 is 0 Å². The first-order valence-electron chi connectivity index (χ1n) is 8.51. The van der Waals surface area contributed by atoms with Crippen LogP contribution in [0.15, 0.2) is 41.8 Å². The summed E-state index contributed by atoms with van der Waals surface area (Å²) in [7, 11) is 0. The molecule has 0 spiro atoms. The van der Waals surface area contributed by atoms with Crippen LogP contribution >= 0.6 is 11.3 Å². The first-order chi connectivity index (χ1) is 12.7. The van der Waals surface area contributed by atoms with E-state index in [0.29, 0.717) is 35.8 Å². The van der Waals surface area contributed by atoms with Gasteiger partial charge in [-0.15, -0.1) is 11.3 Å². The standard InChI is InChI=1S/C19H20N4O2S/c20-13-16-7-12-26-18(16)21-17(24)14-22-8-4-9-23(11-10-22)19(25)15-5-2-1-3-6-15/h1-3,5-7,12H,4,8-11,14H2,(H,21,24). The van der Waals surface area contributed by atoms with E-state index in [2.05, 4.69) is 11.4 Å². The predicted molar refractivity (Wildman–Crippen MR) is 101 cm³/mol. The Bertz CT molecular complexity index is 812. The molecule has 3 rings (SSSR count). The molecule has 0 bridgehead atoms. The molecule has 0 aliphatic carbocycles. The molecule has 1 aliphatic heterocycles. The minimum absolute atomic E-state index is 0.0362. The van der Waals surface area contributed by atoms with Gasteiger partial charge in [-0.25, -0.2) is 0 Å². The molecule has 1 aromatic carbocycles. The molecule has 7 heteroatoms. The third-order valence-electron chi connectivity index (χ3n) is 4.30. The molecule has 1 aromatic heterocycles. The van der Waals surface area contributed by atoms with Gasteiger partial charge in [-0.1, -0.05) is 18.2 Å². The van der Waals surface area contributed by atoms with Crippen LogP contribution in [0.2, 0.25) is 0 Å². The highest BCUT2D eigenvalue weighted by Crippen LogP contribution is 2.22. The molecule has 0 radical (unpaired) electrons. The second-order valence-electron chi connectivity index (χ2n) is 6.11. The van der Waals surface area contributed by atoms with E-state index < -0.39 is 0 Å². The maximum absolute atomic E-state index is 12.6. The summed E-state index contributed by atoms with van der Waals surface area (Å²) in [4.78, 5) is 28.7. The largest absolute Gasteiger partial charge is 0.337 e. The van der Waals surface area contributed by atoms with E-state index in [1.54, 1.807) is 11.4 Å². The number of nitriles is 1. The Kier molecular flexibility index (Phi) is 6.00. The first kappa shape index (κ1) is 18.1. The summed E-state index contributed by atoms with van der Waals surface area (Å²) in [5.74, 6) is -0.0964. The van der Waals surface area contributed by atoms with E-state index in [4.69, 9.17) is 5.26 Å². The van der Waals surface area contributed by atoms with E-state index in [0.717, 1.165) is 13.0 Å². The topological polar surface area (TPSA) is 76.4 Å². The van der Waals surface area contributed by atoms with Gasteiger partial charge in [-0.3, -0.25) is 14.5 Å². The minimum atomic E-state index is -0.133. The summed E-state index contributed by atoms with van der Waals surface area (Å²) in [5, 5.41) is 14.2. The number of hydrogen-bond acceptors (Lipinski definition) is 5. The summed E-state index contributed by atoms with van der Waals surface area (Å²) in [6.45, 7) is 2.97. The average Bonchev–Trinajstić information content (AvgIpc) is 2.98. The lowest BCUT2D eigenvalue weighted by Gasteiger charge is -2.21. The summed E-state index contributed by atoms with van der Waals surface area (Å²) in [6.07, 6.45) is 0.828. The van der Waals surface area contributed by atoms with Crippen LogP contribution in [0.5, 0.6) is 0 Å². The van der Waals surface area contributed by atoms with Crippen molar-refractivity contribution in [2.75, 3.05) is 38.0 Å². The molecule has 134 valence electrons. The first-order valence-corrected chi connectivity index (χ1v) is 9.39. The lowest BCUT2D eigenvalue weighted by molar-refractivity contribution is -0.117. The van der Waals surface area contributed by atoms with Crippen LogP contribution in [-0.2, 0) is 4.79 Å². The van der Waals surface area contributed by atoms with Crippen molar-refractivity contribution in [2.45, 2.75) is 6.42 Å². The number of carbonyl (C=O) groups is 2. The van der Waals surface area contributed by atoms with Gasteiger partial charge < -0.3 is 10.2 Å². The molecule has 2 amide bonds. The summed E-state index contributed by atoms with van der Waals surface area (Å²) >= 11 is 1.34. The summed E-state index contributed by atoms with van der Waals surface area (Å²) < 4.78 is 0. The molecule has 1 aliphatic rings. The van der Waals surface area contributed by atoms with Gasteiger partial charge in [0.15, 0.2) is 0 Å². The van der Waals surface area contributed by atoms with Crippen molar-refractivity contribution < 1.29 is 9.59 Å². The number of nitrogens with one attached hydrogen (secondary N) is 1. The number of nitrogens with zero attached hydrogens (tertiary/aromatic N) is 3. The van der Waals surface area contributed by atoms with Crippen molar-refractivity contribution in [1.29, 1.82) is 5.26 Å². The van der Waals surface area contributed by atoms with Crippen LogP contribution in [0.4, 0.5) is 5.00 Å². The molecular weight excluding hydrogens is 348 g/mol. The van der Waals surface area contributed by atoms with E-state index in [1.807, 2.05) is 40.1 Å². The van der Waals surface area contributed by atoms with Crippen LogP contribution in [0.3, 0.4) is 0 Å². The highest BCUT2D eigenvalue weighted by molar-refractivity contribution is 7.14. The average molecular weight is 368 g/mol. The smallest absolute Gasteiger partial charge is 0.253 e. The number of thiophene rings is 1. The van der Waals surface area contributed by atoms with Gasteiger partial charge in [0.1, 0.15) is 11.1 Å². The number of benzene rings is 1. The second kappa shape index (κ2) is 8.61. The van der Waals surface area contributed by atoms with Crippen LogP contribution in [-0.4, -0.2) is 54.3 Å². The summed E-state index contributed by atoms with van der Waals surface area (Å²) in [6, 6.07) is 13.0. The predicted octanol–water partition coefficient (Wildman–Crippen LogP) is 2.41. The van der Waals surface area contributed by atoms with Crippen molar-refractivity contribution in [3.05, 3.63) is 52.9 Å².